The Hall–Kier alpha value is -0.750. The summed E-state index contributed by atoms with van der Waals surface area (Å²) in [6, 6.07) is 0.566. The number of piperidine rings is 1. The van der Waals surface area contributed by atoms with Crippen molar-refractivity contribution >= 4 is 11.8 Å². The van der Waals surface area contributed by atoms with Crippen molar-refractivity contribution in [1.82, 2.24) is 20.1 Å². The van der Waals surface area contributed by atoms with Crippen molar-refractivity contribution in [2.24, 2.45) is 0 Å². The molecule has 6 heteroatoms. The van der Waals surface area contributed by atoms with E-state index in [1.807, 2.05) is 6.92 Å². The zero-order chi connectivity index (χ0) is 11.4. The molecule has 0 spiro atoms. The van der Waals surface area contributed by atoms with E-state index in [2.05, 4.69) is 15.5 Å². The normalized spacial score (nSPS) is 21.2. The first-order valence-corrected chi connectivity index (χ1v) is 6.81. The maximum absolute atomic E-state index is 11.3. The maximum atomic E-state index is 11.3. The van der Waals surface area contributed by atoms with E-state index >= 15 is 0 Å². The number of hydrogen-bond donors (Lipinski definition) is 2. The summed E-state index contributed by atoms with van der Waals surface area (Å²) in [5.41, 5.74) is -0.110. The molecule has 0 amide bonds. The van der Waals surface area contributed by atoms with Gasteiger partial charge in [-0.25, -0.2) is 9.89 Å². The number of nitrogens with zero attached hydrogens (tertiary/aromatic N) is 2. The fourth-order valence-corrected chi connectivity index (χ4v) is 3.05. The van der Waals surface area contributed by atoms with Gasteiger partial charge in [0.1, 0.15) is 0 Å². The minimum Gasteiger partial charge on any atom is -0.313 e. The Balaban J connectivity index is 1.90. The largest absolute Gasteiger partial charge is 0.343 e. The average Bonchev–Trinajstić information content (AvgIpc) is 2.68. The van der Waals surface area contributed by atoms with Crippen molar-refractivity contribution in [2.75, 3.05) is 12.3 Å². The van der Waals surface area contributed by atoms with E-state index in [0.29, 0.717) is 12.6 Å². The van der Waals surface area contributed by atoms with Gasteiger partial charge in [-0.2, -0.15) is 0 Å². The van der Waals surface area contributed by atoms with E-state index in [-0.39, 0.29) is 5.69 Å². The molecule has 2 N–H and O–H groups in total. The molecular weight excluding hydrogens is 224 g/mol. The molecule has 0 aromatic carbocycles. The van der Waals surface area contributed by atoms with Gasteiger partial charge in [-0.15, -0.1) is 5.10 Å². The lowest BCUT2D eigenvalue weighted by Crippen LogP contribution is -2.35. The summed E-state index contributed by atoms with van der Waals surface area (Å²) in [6.45, 7) is 3.75. The van der Waals surface area contributed by atoms with Crippen molar-refractivity contribution < 1.29 is 0 Å². The molecular formula is C10H18N4OS. The van der Waals surface area contributed by atoms with Crippen LogP contribution < -0.4 is 11.0 Å². The highest BCUT2D eigenvalue weighted by molar-refractivity contribution is 7.99. The number of H-pyrrole nitrogens is 1. The number of hydrogen-bond acceptors (Lipinski definition) is 4. The van der Waals surface area contributed by atoms with Gasteiger partial charge in [0.2, 0.25) is 0 Å². The minimum atomic E-state index is -0.110. The quantitative estimate of drug-likeness (QED) is 0.768. The third kappa shape index (κ3) is 2.68. The lowest BCUT2D eigenvalue weighted by atomic mass is 10.1. The zero-order valence-corrected chi connectivity index (χ0v) is 10.3. The predicted octanol–water partition coefficient (Wildman–Crippen LogP) is 0.825. The summed E-state index contributed by atoms with van der Waals surface area (Å²) < 4.78 is 1.67. The van der Waals surface area contributed by atoms with Gasteiger partial charge in [0, 0.05) is 18.3 Å². The number of thioether (sulfide) groups is 1. The van der Waals surface area contributed by atoms with E-state index in [4.69, 9.17) is 0 Å². The summed E-state index contributed by atoms with van der Waals surface area (Å²) in [6.07, 6.45) is 3.82. The number of aromatic amines is 1. The Morgan fingerprint density at radius 2 is 2.44 bits per heavy atom. The molecule has 2 rings (SSSR count). The second kappa shape index (κ2) is 5.54. The topological polar surface area (TPSA) is 62.7 Å². The molecule has 90 valence electrons. The van der Waals surface area contributed by atoms with Crippen LogP contribution in [0.1, 0.15) is 26.2 Å². The summed E-state index contributed by atoms with van der Waals surface area (Å²) in [5.74, 6) is 0.990. The first-order chi connectivity index (χ1) is 7.81. The molecule has 1 aromatic heterocycles. The Kier molecular flexibility index (Phi) is 4.06. The van der Waals surface area contributed by atoms with Crippen LogP contribution in [0.3, 0.4) is 0 Å². The highest BCUT2D eigenvalue weighted by Crippen LogP contribution is 2.18. The highest BCUT2D eigenvalue weighted by Gasteiger charge is 2.14. The van der Waals surface area contributed by atoms with E-state index in [9.17, 15) is 4.79 Å². The molecule has 1 unspecified atom stereocenters. The third-order valence-electron chi connectivity index (χ3n) is 2.87. The summed E-state index contributed by atoms with van der Waals surface area (Å²) in [7, 11) is 0. The summed E-state index contributed by atoms with van der Waals surface area (Å²) in [5, 5.41) is 10.8. The zero-order valence-electron chi connectivity index (χ0n) is 9.53. The van der Waals surface area contributed by atoms with Crippen LogP contribution in [0.5, 0.6) is 0 Å². The van der Waals surface area contributed by atoms with Crippen LogP contribution in [0.4, 0.5) is 0 Å². The van der Waals surface area contributed by atoms with Gasteiger partial charge in [0.05, 0.1) is 0 Å². The first-order valence-electron chi connectivity index (χ1n) is 5.82. The average molecular weight is 242 g/mol. The minimum absolute atomic E-state index is 0.110. The van der Waals surface area contributed by atoms with Gasteiger partial charge >= 0.3 is 5.69 Å². The van der Waals surface area contributed by atoms with Crippen molar-refractivity contribution in [1.29, 1.82) is 0 Å². The molecule has 1 aromatic rings. The van der Waals surface area contributed by atoms with Crippen LogP contribution in [0.2, 0.25) is 0 Å². The van der Waals surface area contributed by atoms with E-state index in [0.717, 1.165) is 17.5 Å². The molecule has 2 heterocycles. The molecule has 16 heavy (non-hydrogen) atoms. The lowest BCUT2D eigenvalue weighted by molar-refractivity contribution is 0.429. The van der Waals surface area contributed by atoms with Crippen LogP contribution in [0.15, 0.2) is 9.95 Å². The van der Waals surface area contributed by atoms with Gasteiger partial charge in [-0.3, -0.25) is 4.57 Å². The van der Waals surface area contributed by atoms with E-state index in [1.54, 1.807) is 16.3 Å². The van der Waals surface area contributed by atoms with Crippen molar-refractivity contribution in [2.45, 2.75) is 43.9 Å². The smallest absolute Gasteiger partial charge is 0.313 e. The second-order valence-corrected chi connectivity index (χ2v) is 5.00. The van der Waals surface area contributed by atoms with Crippen LogP contribution in [-0.4, -0.2) is 33.1 Å². The van der Waals surface area contributed by atoms with Gasteiger partial charge in [-0.05, 0) is 26.3 Å². The number of rotatable bonds is 4. The van der Waals surface area contributed by atoms with Gasteiger partial charge in [0.25, 0.3) is 0 Å². The van der Waals surface area contributed by atoms with Crippen molar-refractivity contribution in [3.63, 3.8) is 0 Å². The first kappa shape index (κ1) is 11.7. The highest BCUT2D eigenvalue weighted by atomic mass is 32.2. The molecule has 0 saturated carbocycles. The fourth-order valence-electron chi connectivity index (χ4n) is 1.93. The summed E-state index contributed by atoms with van der Waals surface area (Å²) in [4.78, 5) is 11.3. The lowest BCUT2D eigenvalue weighted by Gasteiger charge is -2.22. The van der Waals surface area contributed by atoms with Crippen molar-refractivity contribution in [3.8, 4) is 0 Å². The number of nitrogens with one attached hydrogen (secondary N) is 2. The molecule has 1 atom stereocenters. The maximum Gasteiger partial charge on any atom is 0.343 e. The molecule has 0 radical (unpaired) electrons. The SMILES string of the molecule is CCn1c(SCC2CCCCN2)n[nH]c1=O. The molecule has 5 nitrogen and oxygen atoms in total. The van der Waals surface area contributed by atoms with Crippen molar-refractivity contribution in [3.05, 3.63) is 10.5 Å². The standard InChI is InChI=1S/C10H18N4OS/c1-2-14-9(15)12-13-10(14)16-7-8-5-3-4-6-11-8/h8,11H,2-7H2,1H3,(H,12,15). The Morgan fingerprint density at radius 1 is 1.56 bits per heavy atom. The number of aromatic nitrogens is 3. The van der Waals surface area contributed by atoms with Gasteiger partial charge in [0.15, 0.2) is 5.16 Å². The molecule has 0 aliphatic carbocycles. The van der Waals surface area contributed by atoms with E-state index < -0.39 is 0 Å². The van der Waals surface area contributed by atoms with E-state index in [1.165, 1.54) is 19.3 Å². The summed E-state index contributed by atoms with van der Waals surface area (Å²) >= 11 is 1.66. The second-order valence-electron chi connectivity index (χ2n) is 4.01. The molecule has 1 saturated heterocycles. The fraction of sp³-hybridized carbons (Fsp3) is 0.800. The third-order valence-corrected chi connectivity index (χ3v) is 4.00. The molecule has 0 bridgehead atoms. The van der Waals surface area contributed by atoms with Gasteiger partial charge < -0.3 is 5.32 Å². The van der Waals surface area contributed by atoms with Crippen LogP contribution in [0, 0.1) is 0 Å². The monoisotopic (exact) mass is 242 g/mol. The Labute approximate surface area is 99.0 Å². The predicted molar refractivity (Wildman–Crippen MR) is 64.9 cm³/mol. The molecule has 1 fully saturated rings. The van der Waals surface area contributed by atoms with Crippen LogP contribution in [-0.2, 0) is 6.54 Å². The van der Waals surface area contributed by atoms with Crippen LogP contribution in [0.25, 0.3) is 0 Å². The molecule has 1 aliphatic heterocycles. The Bertz CT molecular complexity index is 380. The van der Waals surface area contributed by atoms with Crippen LogP contribution >= 0.6 is 11.8 Å². The Morgan fingerprint density at radius 3 is 3.12 bits per heavy atom. The van der Waals surface area contributed by atoms with Gasteiger partial charge in [-0.1, -0.05) is 18.2 Å². The molecule has 1 aliphatic rings.